The quantitative estimate of drug-likeness (QED) is 0.895. The molecule has 1 N–H and O–H groups in total. The van der Waals surface area contributed by atoms with E-state index in [4.69, 9.17) is 4.74 Å². The van der Waals surface area contributed by atoms with Crippen LogP contribution in [-0.2, 0) is 21.2 Å². The Morgan fingerprint density at radius 1 is 1.29 bits per heavy atom. The lowest BCUT2D eigenvalue weighted by atomic mass is 9.98. The standard InChI is InChI=1S/C15H21NO4S/c1-20-14-5-3-2-4-13(14)11-16-15(17)10-12-6-8-21(18,19)9-7-12/h2-5,12H,6-11H2,1H3,(H,16,17). The number of rotatable bonds is 5. The van der Waals surface area contributed by atoms with Crippen LogP contribution in [0.4, 0.5) is 0 Å². The molecule has 1 aliphatic heterocycles. The lowest BCUT2D eigenvalue weighted by Crippen LogP contribution is -2.29. The summed E-state index contributed by atoms with van der Waals surface area (Å²) in [5, 5.41) is 2.87. The van der Waals surface area contributed by atoms with Gasteiger partial charge in [-0.2, -0.15) is 0 Å². The SMILES string of the molecule is COc1ccccc1CNC(=O)CC1CCS(=O)(=O)CC1. The summed E-state index contributed by atoms with van der Waals surface area (Å²) in [5.74, 6) is 1.30. The number of amides is 1. The average molecular weight is 311 g/mol. The van der Waals surface area contributed by atoms with Crippen LogP contribution in [-0.4, -0.2) is 32.9 Å². The summed E-state index contributed by atoms with van der Waals surface area (Å²) >= 11 is 0. The maximum Gasteiger partial charge on any atom is 0.220 e. The molecule has 1 amide bonds. The van der Waals surface area contributed by atoms with Crippen molar-refractivity contribution in [1.29, 1.82) is 0 Å². The molecule has 0 atom stereocenters. The molecule has 2 rings (SSSR count). The Hall–Kier alpha value is -1.56. The number of ether oxygens (including phenoxy) is 1. The molecule has 0 aliphatic carbocycles. The largest absolute Gasteiger partial charge is 0.496 e. The monoisotopic (exact) mass is 311 g/mol. The van der Waals surface area contributed by atoms with Crippen molar-refractivity contribution in [2.45, 2.75) is 25.8 Å². The number of sulfone groups is 1. The van der Waals surface area contributed by atoms with Crippen molar-refractivity contribution in [2.24, 2.45) is 5.92 Å². The molecule has 0 bridgehead atoms. The minimum Gasteiger partial charge on any atom is -0.496 e. The van der Waals surface area contributed by atoms with E-state index in [0.29, 0.717) is 25.8 Å². The Labute approximate surface area is 125 Å². The zero-order valence-electron chi connectivity index (χ0n) is 12.2. The number of benzene rings is 1. The molecule has 0 aromatic heterocycles. The van der Waals surface area contributed by atoms with Gasteiger partial charge in [-0.3, -0.25) is 4.79 Å². The number of methoxy groups -OCH3 is 1. The highest BCUT2D eigenvalue weighted by atomic mass is 32.2. The van der Waals surface area contributed by atoms with Crippen LogP contribution in [0.3, 0.4) is 0 Å². The van der Waals surface area contributed by atoms with Crippen molar-refractivity contribution >= 4 is 15.7 Å². The van der Waals surface area contributed by atoms with E-state index in [0.717, 1.165) is 11.3 Å². The molecule has 1 aromatic carbocycles. The molecule has 6 heteroatoms. The zero-order valence-corrected chi connectivity index (χ0v) is 13.0. The predicted octanol–water partition coefficient (Wildman–Crippen LogP) is 1.53. The third kappa shape index (κ3) is 4.74. The number of hydrogen-bond acceptors (Lipinski definition) is 4. The van der Waals surface area contributed by atoms with E-state index < -0.39 is 9.84 Å². The molecule has 5 nitrogen and oxygen atoms in total. The van der Waals surface area contributed by atoms with Crippen molar-refractivity contribution in [3.05, 3.63) is 29.8 Å². The minimum absolute atomic E-state index is 0.0368. The van der Waals surface area contributed by atoms with E-state index in [-0.39, 0.29) is 23.3 Å². The molecular weight excluding hydrogens is 290 g/mol. The maximum atomic E-state index is 11.9. The van der Waals surface area contributed by atoms with E-state index in [1.165, 1.54) is 0 Å². The second-order valence-corrected chi connectivity index (χ2v) is 7.69. The molecule has 1 heterocycles. The van der Waals surface area contributed by atoms with Crippen molar-refractivity contribution in [3.8, 4) is 5.75 Å². The van der Waals surface area contributed by atoms with Gasteiger partial charge in [0.05, 0.1) is 18.6 Å². The van der Waals surface area contributed by atoms with Gasteiger partial charge < -0.3 is 10.1 Å². The zero-order chi connectivity index (χ0) is 15.3. The second-order valence-electron chi connectivity index (χ2n) is 5.39. The van der Waals surface area contributed by atoms with Gasteiger partial charge in [0.2, 0.25) is 5.91 Å². The van der Waals surface area contributed by atoms with E-state index in [2.05, 4.69) is 5.32 Å². The Bertz CT molecular complexity index is 583. The fraction of sp³-hybridized carbons (Fsp3) is 0.533. The molecule has 0 spiro atoms. The van der Waals surface area contributed by atoms with Gasteiger partial charge in [-0.1, -0.05) is 18.2 Å². The van der Waals surface area contributed by atoms with Crippen LogP contribution in [0.5, 0.6) is 5.75 Å². The fourth-order valence-electron chi connectivity index (χ4n) is 2.52. The first-order chi connectivity index (χ1) is 10.00. The lowest BCUT2D eigenvalue weighted by molar-refractivity contribution is -0.122. The molecule has 1 saturated heterocycles. The van der Waals surface area contributed by atoms with Crippen LogP contribution in [0.2, 0.25) is 0 Å². The number of nitrogens with one attached hydrogen (secondary N) is 1. The molecule has 21 heavy (non-hydrogen) atoms. The van der Waals surface area contributed by atoms with Gasteiger partial charge in [-0.05, 0) is 24.8 Å². The summed E-state index contributed by atoms with van der Waals surface area (Å²) in [6.45, 7) is 0.424. The first kappa shape index (κ1) is 15.8. The van der Waals surface area contributed by atoms with E-state index in [1.807, 2.05) is 24.3 Å². The lowest BCUT2D eigenvalue weighted by Gasteiger charge is -2.21. The van der Waals surface area contributed by atoms with E-state index in [9.17, 15) is 13.2 Å². The van der Waals surface area contributed by atoms with Gasteiger partial charge in [0, 0.05) is 18.5 Å². The van der Waals surface area contributed by atoms with Crippen LogP contribution in [0.1, 0.15) is 24.8 Å². The van der Waals surface area contributed by atoms with Crippen LogP contribution in [0.25, 0.3) is 0 Å². The number of para-hydroxylation sites is 1. The van der Waals surface area contributed by atoms with Crippen molar-refractivity contribution in [1.82, 2.24) is 5.32 Å². The van der Waals surface area contributed by atoms with Gasteiger partial charge >= 0.3 is 0 Å². The van der Waals surface area contributed by atoms with Crippen molar-refractivity contribution in [3.63, 3.8) is 0 Å². The van der Waals surface area contributed by atoms with Crippen LogP contribution >= 0.6 is 0 Å². The van der Waals surface area contributed by atoms with Gasteiger partial charge in [-0.15, -0.1) is 0 Å². The molecule has 1 aliphatic rings. The Morgan fingerprint density at radius 3 is 2.62 bits per heavy atom. The minimum atomic E-state index is -2.86. The molecule has 0 saturated carbocycles. The normalized spacial score (nSPS) is 18.1. The maximum absolute atomic E-state index is 11.9. The van der Waals surface area contributed by atoms with Crippen molar-refractivity contribution < 1.29 is 17.9 Å². The van der Waals surface area contributed by atoms with Gasteiger partial charge in [0.25, 0.3) is 0 Å². The predicted molar refractivity (Wildman–Crippen MR) is 80.8 cm³/mol. The average Bonchev–Trinajstić information content (AvgIpc) is 2.47. The topological polar surface area (TPSA) is 72.5 Å². The second kappa shape index (κ2) is 6.93. The van der Waals surface area contributed by atoms with Crippen LogP contribution < -0.4 is 10.1 Å². The highest BCUT2D eigenvalue weighted by molar-refractivity contribution is 7.91. The van der Waals surface area contributed by atoms with Crippen LogP contribution in [0.15, 0.2) is 24.3 Å². The smallest absolute Gasteiger partial charge is 0.220 e. The summed E-state index contributed by atoms with van der Waals surface area (Å²) in [6.07, 6.45) is 1.57. The summed E-state index contributed by atoms with van der Waals surface area (Å²) in [5.41, 5.74) is 0.930. The molecule has 116 valence electrons. The highest BCUT2D eigenvalue weighted by Gasteiger charge is 2.25. The summed E-state index contributed by atoms with van der Waals surface area (Å²) < 4.78 is 27.9. The molecule has 1 aromatic rings. The van der Waals surface area contributed by atoms with Gasteiger partial charge in [0.1, 0.15) is 15.6 Å². The molecule has 0 radical (unpaired) electrons. The van der Waals surface area contributed by atoms with E-state index in [1.54, 1.807) is 7.11 Å². The van der Waals surface area contributed by atoms with Crippen molar-refractivity contribution in [2.75, 3.05) is 18.6 Å². The summed E-state index contributed by atoms with van der Waals surface area (Å²) in [7, 11) is -1.26. The molecule has 1 fully saturated rings. The molecule has 0 unspecified atom stereocenters. The summed E-state index contributed by atoms with van der Waals surface area (Å²) in [4.78, 5) is 11.9. The Morgan fingerprint density at radius 2 is 1.95 bits per heavy atom. The third-order valence-electron chi connectivity index (χ3n) is 3.82. The third-order valence-corrected chi connectivity index (χ3v) is 5.53. The van der Waals surface area contributed by atoms with Gasteiger partial charge in [-0.25, -0.2) is 8.42 Å². The first-order valence-corrected chi connectivity index (χ1v) is 8.91. The Balaban J connectivity index is 1.80. The Kier molecular flexibility index (Phi) is 5.22. The molecular formula is C15H21NO4S. The fourth-order valence-corrected chi connectivity index (χ4v) is 4.11. The van der Waals surface area contributed by atoms with Gasteiger partial charge in [0.15, 0.2) is 0 Å². The van der Waals surface area contributed by atoms with E-state index >= 15 is 0 Å². The number of hydrogen-bond donors (Lipinski definition) is 1. The van der Waals surface area contributed by atoms with Crippen LogP contribution in [0, 0.1) is 5.92 Å². The summed E-state index contributed by atoms with van der Waals surface area (Å²) in [6, 6.07) is 7.54. The number of carbonyl (C=O) groups excluding carboxylic acids is 1. The number of carbonyl (C=O) groups is 1. The first-order valence-electron chi connectivity index (χ1n) is 7.09. The highest BCUT2D eigenvalue weighted by Crippen LogP contribution is 2.22.